The molecule has 1 atom stereocenters. The molecule has 30 heavy (non-hydrogen) atoms. The van der Waals surface area contributed by atoms with Crippen LogP contribution in [0.5, 0.6) is 11.5 Å². The summed E-state index contributed by atoms with van der Waals surface area (Å²) in [6.45, 7) is 2.26. The molecule has 5 nitrogen and oxygen atoms in total. The Morgan fingerprint density at radius 3 is 2.53 bits per heavy atom. The van der Waals surface area contributed by atoms with E-state index in [1.807, 2.05) is 72.8 Å². The molecular weight excluding hydrogens is 396 g/mol. The van der Waals surface area contributed by atoms with Crippen molar-refractivity contribution in [2.24, 2.45) is 0 Å². The first-order chi connectivity index (χ1) is 14.7. The summed E-state index contributed by atoms with van der Waals surface area (Å²) in [7, 11) is 0. The summed E-state index contributed by atoms with van der Waals surface area (Å²) in [5.74, 6) is 1.03. The van der Waals surface area contributed by atoms with Gasteiger partial charge in [0.25, 0.3) is 5.91 Å². The zero-order valence-corrected chi connectivity index (χ0v) is 17.3. The molecule has 1 aliphatic rings. The van der Waals surface area contributed by atoms with Crippen molar-refractivity contribution in [2.75, 3.05) is 11.5 Å². The van der Waals surface area contributed by atoms with Crippen LogP contribution in [0.15, 0.2) is 72.8 Å². The van der Waals surface area contributed by atoms with Crippen molar-refractivity contribution in [3.05, 3.63) is 78.4 Å². The Morgan fingerprint density at radius 1 is 1.03 bits per heavy atom. The molecule has 0 saturated heterocycles. The molecule has 150 valence electrons. The molecule has 3 aromatic carbocycles. The lowest BCUT2D eigenvalue weighted by Crippen LogP contribution is -2.44. The number of fused-ring (bicyclic) bond motifs is 2. The van der Waals surface area contributed by atoms with E-state index in [0.717, 1.165) is 22.3 Å². The van der Waals surface area contributed by atoms with Gasteiger partial charge in [-0.2, -0.15) is 0 Å². The fourth-order valence-corrected chi connectivity index (χ4v) is 4.45. The van der Waals surface area contributed by atoms with Gasteiger partial charge in [0.2, 0.25) is 6.10 Å². The number of thiazole rings is 1. The highest BCUT2D eigenvalue weighted by molar-refractivity contribution is 7.22. The summed E-state index contributed by atoms with van der Waals surface area (Å²) >= 11 is 1.49. The molecule has 0 spiro atoms. The maximum absolute atomic E-state index is 13.6. The quantitative estimate of drug-likeness (QED) is 0.449. The SMILES string of the molecule is CCc1ccc(N(C(=O)[C@H]2COc3ccccc3O2)c2nc3ccccc3s2)cc1. The third kappa shape index (κ3) is 3.39. The maximum Gasteiger partial charge on any atom is 0.278 e. The molecular formula is C24H20N2O3S. The third-order valence-electron chi connectivity index (χ3n) is 5.08. The van der Waals surface area contributed by atoms with Gasteiger partial charge in [0.1, 0.15) is 6.61 Å². The smallest absolute Gasteiger partial charge is 0.278 e. The molecule has 0 N–H and O–H groups in total. The predicted octanol–water partition coefficient (Wildman–Crippen LogP) is 5.36. The van der Waals surface area contributed by atoms with Crippen molar-refractivity contribution in [3.8, 4) is 11.5 Å². The minimum Gasteiger partial charge on any atom is -0.485 e. The second kappa shape index (κ2) is 7.80. The third-order valence-corrected chi connectivity index (χ3v) is 6.10. The van der Waals surface area contributed by atoms with Crippen molar-refractivity contribution in [3.63, 3.8) is 0 Å². The molecule has 0 aliphatic carbocycles. The number of hydrogen-bond acceptors (Lipinski definition) is 5. The summed E-state index contributed by atoms with van der Waals surface area (Å²) in [4.78, 5) is 20.0. The van der Waals surface area contributed by atoms with Gasteiger partial charge in [0.05, 0.1) is 15.9 Å². The zero-order chi connectivity index (χ0) is 20.5. The molecule has 1 amide bonds. The molecule has 0 bridgehead atoms. The fourth-order valence-electron chi connectivity index (χ4n) is 3.45. The number of hydrogen-bond donors (Lipinski definition) is 0. The molecule has 2 heterocycles. The second-order valence-electron chi connectivity index (χ2n) is 7.02. The molecule has 0 unspecified atom stereocenters. The Hall–Kier alpha value is -3.38. The van der Waals surface area contributed by atoms with E-state index in [2.05, 4.69) is 6.92 Å². The number of aryl methyl sites for hydroxylation is 1. The van der Waals surface area contributed by atoms with Gasteiger partial charge in [-0.25, -0.2) is 4.98 Å². The monoisotopic (exact) mass is 416 g/mol. The number of carbonyl (C=O) groups excluding carboxylic acids is 1. The van der Waals surface area contributed by atoms with Crippen LogP contribution in [-0.4, -0.2) is 23.6 Å². The number of amides is 1. The topological polar surface area (TPSA) is 51.7 Å². The molecule has 0 fully saturated rings. The lowest BCUT2D eigenvalue weighted by atomic mass is 10.1. The highest BCUT2D eigenvalue weighted by Gasteiger charge is 2.34. The van der Waals surface area contributed by atoms with Crippen molar-refractivity contribution in [2.45, 2.75) is 19.4 Å². The maximum atomic E-state index is 13.6. The van der Waals surface area contributed by atoms with Crippen molar-refractivity contribution < 1.29 is 14.3 Å². The molecule has 1 aromatic heterocycles. The summed E-state index contributed by atoms with van der Waals surface area (Å²) in [6, 6.07) is 23.3. The summed E-state index contributed by atoms with van der Waals surface area (Å²) in [5, 5.41) is 0.618. The van der Waals surface area contributed by atoms with Crippen LogP contribution in [-0.2, 0) is 11.2 Å². The van der Waals surface area contributed by atoms with Crippen LogP contribution in [0, 0.1) is 0 Å². The van der Waals surface area contributed by atoms with Gasteiger partial charge in [-0.15, -0.1) is 0 Å². The number of benzene rings is 3. The molecule has 0 radical (unpaired) electrons. The number of carbonyl (C=O) groups is 1. The van der Waals surface area contributed by atoms with Crippen LogP contribution >= 0.6 is 11.3 Å². The van der Waals surface area contributed by atoms with Crippen molar-refractivity contribution in [1.82, 2.24) is 4.98 Å². The predicted molar refractivity (Wildman–Crippen MR) is 119 cm³/mol. The molecule has 1 aliphatic heterocycles. The Morgan fingerprint density at radius 2 is 1.77 bits per heavy atom. The average molecular weight is 417 g/mol. The highest BCUT2D eigenvalue weighted by Crippen LogP contribution is 2.36. The molecule has 0 saturated carbocycles. The van der Waals surface area contributed by atoms with E-state index in [-0.39, 0.29) is 12.5 Å². The normalized spacial score (nSPS) is 15.2. The van der Waals surface area contributed by atoms with E-state index >= 15 is 0 Å². The lowest BCUT2D eigenvalue weighted by Gasteiger charge is -2.29. The van der Waals surface area contributed by atoms with Gasteiger partial charge in [0, 0.05) is 0 Å². The number of para-hydroxylation sites is 3. The van der Waals surface area contributed by atoms with Crippen LogP contribution in [0.1, 0.15) is 12.5 Å². The first-order valence-corrected chi connectivity index (χ1v) is 10.7. The van der Waals surface area contributed by atoms with Crippen LogP contribution in [0.4, 0.5) is 10.8 Å². The number of aromatic nitrogens is 1. The fraction of sp³-hybridized carbons (Fsp3) is 0.167. The van der Waals surface area contributed by atoms with Gasteiger partial charge in [0.15, 0.2) is 16.6 Å². The van der Waals surface area contributed by atoms with Crippen LogP contribution < -0.4 is 14.4 Å². The van der Waals surface area contributed by atoms with Gasteiger partial charge < -0.3 is 9.47 Å². The van der Waals surface area contributed by atoms with E-state index in [4.69, 9.17) is 14.5 Å². The van der Waals surface area contributed by atoms with Gasteiger partial charge >= 0.3 is 0 Å². The van der Waals surface area contributed by atoms with Gasteiger partial charge in [-0.05, 0) is 48.4 Å². The first-order valence-electron chi connectivity index (χ1n) is 9.90. The Balaban J connectivity index is 1.54. The van der Waals surface area contributed by atoms with E-state index in [0.29, 0.717) is 16.6 Å². The van der Waals surface area contributed by atoms with Crippen molar-refractivity contribution >= 4 is 38.3 Å². The number of nitrogens with zero attached hydrogens (tertiary/aromatic N) is 2. The number of ether oxygens (including phenoxy) is 2. The van der Waals surface area contributed by atoms with E-state index in [9.17, 15) is 4.79 Å². The number of rotatable bonds is 4. The Labute approximate surface area is 178 Å². The average Bonchev–Trinajstić information content (AvgIpc) is 3.23. The second-order valence-corrected chi connectivity index (χ2v) is 8.03. The standard InChI is InChI=1S/C24H20N2O3S/c1-2-16-11-13-17(14-12-16)26(24-25-18-7-3-6-10-22(18)30-24)23(27)21-15-28-19-8-4-5-9-20(19)29-21/h3-14,21H,2,15H2,1H3/t21-/m1/s1. The van der Waals surface area contributed by atoms with Crippen LogP contribution in [0.3, 0.4) is 0 Å². The lowest BCUT2D eigenvalue weighted by molar-refractivity contribution is -0.126. The van der Waals surface area contributed by atoms with E-state index < -0.39 is 6.10 Å². The van der Waals surface area contributed by atoms with Crippen molar-refractivity contribution in [1.29, 1.82) is 0 Å². The van der Waals surface area contributed by atoms with Crippen LogP contribution in [0.25, 0.3) is 10.2 Å². The van der Waals surface area contributed by atoms with E-state index in [1.165, 1.54) is 16.9 Å². The minimum atomic E-state index is -0.752. The molecule has 5 rings (SSSR count). The van der Waals surface area contributed by atoms with Gasteiger partial charge in [-0.1, -0.05) is 54.7 Å². The first kappa shape index (κ1) is 18.6. The van der Waals surface area contributed by atoms with Gasteiger partial charge in [-0.3, -0.25) is 9.69 Å². The highest BCUT2D eigenvalue weighted by atomic mass is 32.1. The zero-order valence-electron chi connectivity index (χ0n) is 16.4. The summed E-state index contributed by atoms with van der Waals surface area (Å²) in [6.07, 6.45) is 0.184. The number of anilines is 2. The largest absolute Gasteiger partial charge is 0.485 e. The summed E-state index contributed by atoms with van der Waals surface area (Å²) in [5.41, 5.74) is 2.84. The van der Waals surface area contributed by atoms with E-state index in [1.54, 1.807) is 4.90 Å². The Bertz CT molecular complexity index is 1170. The molecule has 6 heteroatoms. The minimum absolute atomic E-state index is 0.157. The summed E-state index contributed by atoms with van der Waals surface area (Å²) < 4.78 is 12.8. The Kier molecular flexibility index (Phi) is 4.85. The molecule has 4 aromatic rings. The van der Waals surface area contributed by atoms with Crippen LogP contribution in [0.2, 0.25) is 0 Å².